The number of quaternary nitrogens is 1. The number of likely N-dealkylation sites (tertiary alicyclic amines) is 1. The molecule has 0 aliphatic carbocycles. The lowest BCUT2D eigenvalue weighted by Gasteiger charge is -2.31. The summed E-state index contributed by atoms with van der Waals surface area (Å²) in [4.78, 5) is 1.52. The Labute approximate surface area is 128 Å². The van der Waals surface area contributed by atoms with E-state index in [0.717, 1.165) is 12.3 Å². The Balaban J connectivity index is 1.87. The van der Waals surface area contributed by atoms with Gasteiger partial charge < -0.3 is 14.7 Å². The molecule has 1 aromatic rings. The van der Waals surface area contributed by atoms with Crippen molar-refractivity contribution < 1.29 is 14.7 Å². The van der Waals surface area contributed by atoms with E-state index in [-0.39, 0.29) is 6.10 Å². The predicted octanol–water partition coefficient (Wildman–Crippen LogP) is 1.81. The maximum absolute atomic E-state index is 10.3. The zero-order valence-corrected chi connectivity index (χ0v) is 13.9. The Morgan fingerprint density at radius 1 is 1.29 bits per heavy atom. The lowest BCUT2D eigenvalue weighted by molar-refractivity contribution is -0.931. The average molecular weight is 292 g/mol. The molecule has 1 unspecified atom stereocenters. The largest absolute Gasteiger partial charge is 0.490 e. The number of piperidine rings is 1. The van der Waals surface area contributed by atoms with Gasteiger partial charge in [-0.25, -0.2) is 0 Å². The van der Waals surface area contributed by atoms with Gasteiger partial charge in [-0.3, -0.25) is 0 Å². The summed E-state index contributed by atoms with van der Waals surface area (Å²) in [5.74, 6) is 0.910. The van der Waals surface area contributed by atoms with Gasteiger partial charge in [-0.05, 0) is 69.7 Å². The van der Waals surface area contributed by atoms with Crippen LogP contribution in [-0.2, 0) is 0 Å². The Bertz CT molecular complexity index is 473. The van der Waals surface area contributed by atoms with Crippen LogP contribution >= 0.6 is 0 Å². The SMILES string of the molecule is Cc1cc(C)c(C)c(OC[C@H](O)C[NH+]2CCCC[C@@H]2C)c1. The molecule has 0 amide bonds. The number of rotatable bonds is 5. The molecule has 2 rings (SSSR count). The highest BCUT2D eigenvalue weighted by Gasteiger charge is 2.24. The Kier molecular flexibility index (Phi) is 5.65. The predicted molar refractivity (Wildman–Crippen MR) is 86.2 cm³/mol. The molecule has 21 heavy (non-hydrogen) atoms. The zero-order chi connectivity index (χ0) is 15.4. The average Bonchev–Trinajstić information content (AvgIpc) is 2.44. The van der Waals surface area contributed by atoms with Crippen LogP contribution in [0.1, 0.15) is 42.9 Å². The number of aliphatic hydroxyl groups is 1. The van der Waals surface area contributed by atoms with Crippen molar-refractivity contribution in [3.05, 3.63) is 28.8 Å². The van der Waals surface area contributed by atoms with Gasteiger partial charge >= 0.3 is 0 Å². The van der Waals surface area contributed by atoms with Crippen molar-refractivity contribution >= 4 is 0 Å². The number of aliphatic hydroxyl groups excluding tert-OH is 1. The zero-order valence-electron chi connectivity index (χ0n) is 13.9. The first kappa shape index (κ1) is 16.3. The van der Waals surface area contributed by atoms with Crippen LogP contribution < -0.4 is 9.64 Å². The third-order valence-electron chi connectivity index (χ3n) is 4.78. The normalized spacial score (nSPS) is 23.9. The second-order valence-electron chi connectivity index (χ2n) is 6.68. The van der Waals surface area contributed by atoms with Crippen molar-refractivity contribution in [2.75, 3.05) is 19.7 Å². The number of benzene rings is 1. The van der Waals surface area contributed by atoms with Crippen LogP contribution in [0.4, 0.5) is 0 Å². The third kappa shape index (κ3) is 4.45. The molecule has 118 valence electrons. The highest BCUT2D eigenvalue weighted by Crippen LogP contribution is 2.23. The molecule has 1 aliphatic heterocycles. The summed E-state index contributed by atoms with van der Waals surface area (Å²) < 4.78 is 5.87. The lowest BCUT2D eigenvalue weighted by Crippen LogP contribution is -3.17. The molecule has 0 radical (unpaired) electrons. The third-order valence-corrected chi connectivity index (χ3v) is 4.78. The first-order valence-electron chi connectivity index (χ1n) is 8.20. The van der Waals surface area contributed by atoms with E-state index < -0.39 is 0 Å². The van der Waals surface area contributed by atoms with Crippen LogP contribution in [0.3, 0.4) is 0 Å². The van der Waals surface area contributed by atoms with E-state index in [1.54, 1.807) is 0 Å². The second kappa shape index (κ2) is 7.28. The molecular weight excluding hydrogens is 262 g/mol. The number of hydrogen-bond acceptors (Lipinski definition) is 2. The van der Waals surface area contributed by atoms with Crippen molar-refractivity contribution in [1.29, 1.82) is 0 Å². The van der Waals surface area contributed by atoms with E-state index in [1.807, 2.05) is 0 Å². The van der Waals surface area contributed by atoms with Gasteiger partial charge in [0.1, 0.15) is 25.0 Å². The summed E-state index contributed by atoms with van der Waals surface area (Å²) >= 11 is 0. The highest BCUT2D eigenvalue weighted by atomic mass is 16.5. The van der Waals surface area contributed by atoms with Crippen LogP contribution in [0, 0.1) is 20.8 Å². The van der Waals surface area contributed by atoms with E-state index in [1.165, 1.54) is 47.4 Å². The van der Waals surface area contributed by atoms with Crippen molar-refractivity contribution in [2.45, 2.75) is 59.1 Å². The Morgan fingerprint density at radius 3 is 2.76 bits per heavy atom. The van der Waals surface area contributed by atoms with Crippen LogP contribution in [0.5, 0.6) is 5.75 Å². The molecule has 3 heteroatoms. The molecule has 1 aliphatic rings. The summed E-state index contributed by atoms with van der Waals surface area (Å²) in [7, 11) is 0. The van der Waals surface area contributed by atoms with Gasteiger partial charge in [0.25, 0.3) is 0 Å². The van der Waals surface area contributed by atoms with Crippen LogP contribution in [0.15, 0.2) is 12.1 Å². The maximum Gasteiger partial charge on any atom is 0.137 e. The van der Waals surface area contributed by atoms with E-state index in [0.29, 0.717) is 12.6 Å². The lowest BCUT2D eigenvalue weighted by atomic mass is 10.0. The fourth-order valence-corrected chi connectivity index (χ4v) is 3.25. The minimum atomic E-state index is -0.388. The van der Waals surface area contributed by atoms with Crippen LogP contribution in [-0.4, -0.2) is 36.9 Å². The molecule has 0 saturated carbocycles. The molecule has 3 nitrogen and oxygen atoms in total. The topological polar surface area (TPSA) is 33.9 Å². The number of hydrogen-bond donors (Lipinski definition) is 2. The van der Waals surface area contributed by atoms with Gasteiger partial charge in [0.2, 0.25) is 0 Å². The van der Waals surface area contributed by atoms with Gasteiger partial charge in [0, 0.05) is 0 Å². The molecule has 0 bridgehead atoms. The Morgan fingerprint density at radius 2 is 2.05 bits per heavy atom. The van der Waals surface area contributed by atoms with E-state index in [4.69, 9.17) is 4.74 Å². The monoisotopic (exact) mass is 292 g/mol. The smallest absolute Gasteiger partial charge is 0.137 e. The first-order chi connectivity index (χ1) is 9.97. The highest BCUT2D eigenvalue weighted by molar-refractivity contribution is 5.41. The summed E-state index contributed by atoms with van der Waals surface area (Å²) in [5, 5.41) is 10.3. The van der Waals surface area contributed by atoms with E-state index in [9.17, 15) is 5.11 Å². The van der Waals surface area contributed by atoms with Gasteiger partial charge in [0.05, 0.1) is 12.6 Å². The van der Waals surface area contributed by atoms with Gasteiger partial charge in [-0.2, -0.15) is 0 Å². The molecule has 1 aromatic carbocycles. The fourth-order valence-electron chi connectivity index (χ4n) is 3.25. The number of nitrogens with one attached hydrogen (secondary N) is 1. The van der Waals surface area contributed by atoms with Crippen molar-refractivity contribution in [1.82, 2.24) is 0 Å². The van der Waals surface area contributed by atoms with Crippen molar-refractivity contribution in [3.63, 3.8) is 0 Å². The van der Waals surface area contributed by atoms with Crippen LogP contribution in [0.25, 0.3) is 0 Å². The summed E-state index contributed by atoms with van der Waals surface area (Å²) in [5.41, 5.74) is 3.62. The summed E-state index contributed by atoms with van der Waals surface area (Å²) in [6, 6.07) is 4.89. The van der Waals surface area contributed by atoms with E-state index in [2.05, 4.69) is 39.8 Å². The second-order valence-corrected chi connectivity index (χ2v) is 6.68. The van der Waals surface area contributed by atoms with E-state index >= 15 is 0 Å². The first-order valence-corrected chi connectivity index (χ1v) is 8.20. The summed E-state index contributed by atoms with van der Waals surface area (Å²) in [6.45, 7) is 10.9. The van der Waals surface area contributed by atoms with Gasteiger partial charge in [-0.15, -0.1) is 0 Å². The van der Waals surface area contributed by atoms with Gasteiger partial charge in [0.15, 0.2) is 0 Å². The standard InChI is InChI=1S/C18H29NO2/c1-13-9-14(2)16(4)18(10-13)21-12-17(20)11-19-8-6-5-7-15(19)3/h9-10,15,17,20H,5-8,11-12H2,1-4H3/p+1/t15-,17+/m0/s1. The molecule has 0 aromatic heterocycles. The molecule has 1 heterocycles. The summed E-state index contributed by atoms with van der Waals surface area (Å²) in [6.07, 6.45) is 3.50. The molecule has 0 spiro atoms. The van der Waals surface area contributed by atoms with Crippen molar-refractivity contribution in [3.8, 4) is 5.75 Å². The molecule has 3 atom stereocenters. The molecule has 2 N–H and O–H groups in total. The Hall–Kier alpha value is -1.06. The maximum atomic E-state index is 10.3. The molecular formula is C18H30NO2+. The quantitative estimate of drug-likeness (QED) is 0.868. The number of aryl methyl sites for hydroxylation is 2. The molecule has 1 fully saturated rings. The van der Waals surface area contributed by atoms with Crippen LogP contribution in [0.2, 0.25) is 0 Å². The number of ether oxygens (including phenoxy) is 1. The van der Waals surface area contributed by atoms with Crippen molar-refractivity contribution in [2.24, 2.45) is 0 Å². The minimum absolute atomic E-state index is 0.388. The fraction of sp³-hybridized carbons (Fsp3) is 0.667. The minimum Gasteiger partial charge on any atom is -0.490 e. The van der Waals surface area contributed by atoms with Gasteiger partial charge in [-0.1, -0.05) is 6.07 Å². The molecule has 1 saturated heterocycles.